The molecule has 0 heterocycles. The van der Waals surface area contributed by atoms with Crippen LogP contribution in [0.5, 0.6) is 0 Å². The number of nitrogens with two attached hydrogens (primary N) is 3. The number of nitrogens with zero attached hydrogens (tertiary/aromatic N) is 1. The number of carbonyl (C=O) groups is 5. The topological polar surface area (TPSA) is 233 Å². The lowest BCUT2D eigenvalue weighted by molar-refractivity contribution is -0.133. The first-order valence-corrected chi connectivity index (χ1v) is 17.4. The molecule has 5 amide bonds. The predicted molar refractivity (Wildman–Crippen MR) is 191 cm³/mol. The number of hydrogen-bond acceptors (Lipinski definition) is 8. The second-order valence-electron chi connectivity index (χ2n) is 12.4. The van der Waals surface area contributed by atoms with Gasteiger partial charge in [0, 0.05) is 19.4 Å². The highest BCUT2D eigenvalue weighted by Gasteiger charge is 2.31. The third kappa shape index (κ3) is 16.2. The Bertz CT molecular complexity index is 1400. The standard InChI is InChI=1S/C34H50N8O6S/c1-34(2,3)48-33(47)42-27(21-23-14-9-6-10-15-23)31(46)40-25(17-19-49-4)30(45)39-24(16-11-18-38-32(36)37)29(44)41-26(28(35)43)20-22-12-7-5-8-13-22/h5-10,12-15,24-27H,11,16-21H2,1-4H3,(H2,35,43)(H,39,45)(H,40,46)(H,41,44)(H,42,47)(H4,36,37,38). The molecular formula is C34H50N8O6S. The quantitative estimate of drug-likeness (QED) is 0.0632. The highest BCUT2D eigenvalue weighted by Crippen LogP contribution is 2.11. The lowest BCUT2D eigenvalue weighted by atomic mass is 10.0. The number of benzene rings is 2. The van der Waals surface area contributed by atoms with E-state index >= 15 is 0 Å². The van der Waals surface area contributed by atoms with Gasteiger partial charge in [-0.25, -0.2) is 4.79 Å². The number of guanidine groups is 1. The van der Waals surface area contributed by atoms with Crippen LogP contribution in [0.25, 0.3) is 0 Å². The summed E-state index contributed by atoms with van der Waals surface area (Å²) in [7, 11) is 0. The predicted octanol–water partition coefficient (Wildman–Crippen LogP) is 1.11. The first kappa shape index (κ1) is 40.4. The lowest BCUT2D eigenvalue weighted by Crippen LogP contribution is -2.58. The van der Waals surface area contributed by atoms with E-state index < -0.39 is 59.5 Å². The van der Waals surface area contributed by atoms with Gasteiger partial charge >= 0.3 is 6.09 Å². The molecule has 0 aliphatic heterocycles. The molecule has 268 valence electrons. The molecule has 2 aromatic rings. The summed E-state index contributed by atoms with van der Waals surface area (Å²) in [5.74, 6) is -2.23. The number of ether oxygens (including phenoxy) is 1. The van der Waals surface area contributed by atoms with Gasteiger partial charge in [0.2, 0.25) is 23.6 Å². The number of rotatable bonds is 19. The van der Waals surface area contributed by atoms with Gasteiger partial charge in [-0.05, 0) is 63.2 Å². The van der Waals surface area contributed by atoms with E-state index in [0.29, 0.717) is 12.2 Å². The Hall–Kier alpha value is -4.79. The van der Waals surface area contributed by atoms with Crippen LogP contribution in [0.1, 0.15) is 51.2 Å². The number of aliphatic imine (C=N–C) groups is 1. The maximum Gasteiger partial charge on any atom is 0.408 e. The van der Waals surface area contributed by atoms with Gasteiger partial charge < -0.3 is 43.2 Å². The van der Waals surface area contributed by atoms with E-state index in [9.17, 15) is 24.0 Å². The Kier molecular flexibility index (Phi) is 16.9. The van der Waals surface area contributed by atoms with E-state index in [0.717, 1.165) is 11.1 Å². The Morgan fingerprint density at radius 2 is 1.18 bits per heavy atom. The average Bonchev–Trinajstić information content (AvgIpc) is 3.03. The smallest absolute Gasteiger partial charge is 0.408 e. The van der Waals surface area contributed by atoms with Crippen molar-refractivity contribution in [1.82, 2.24) is 21.3 Å². The minimum atomic E-state index is -1.12. The molecule has 4 atom stereocenters. The fourth-order valence-corrected chi connectivity index (χ4v) is 5.15. The van der Waals surface area contributed by atoms with Gasteiger partial charge in [-0.2, -0.15) is 11.8 Å². The molecule has 0 aromatic heterocycles. The van der Waals surface area contributed by atoms with Crippen LogP contribution in [0.2, 0.25) is 0 Å². The molecule has 0 spiro atoms. The number of alkyl carbamates (subject to hydrolysis) is 1. The van der Waals surface area contributed by atoms with Crippen molar-refractivity contribution in [1.29, 1.82) is 0 Å². The van der Waals surface area contributed by atoms with Crippen LogP contribution in [-0.4, -0.2) is 84.0 Å². The second-order valence-corrected chi connectivity index (χ2v) is 13.4. The zero-order chi connectivity index (χ0) is 36.4. The molecule has 0 radical (unpaired) electrons. The van der Waals surface area contributed by atoms with Gasteiger partial charge in [0.1, 0.15) is 29.8 Å². The normalized spacial score (nSPS) is 13.5. The third-order valence-electron chi connectivity index (χ3n) is 7.05. The van der Waals surface area contributed by atoms with Crippen molar-refractivity contribution in [3.63, 3.8) is 0 Å². The monoisotopic (exact) mass is 698 g/mol. The van der Waals surface area contributed by atoms with Gasteiger partial charge in [0.15, 0.2) is 5.96 Å². The van der Waals surface area contributed by atoms with E-state index in [-0.39, 0.29) is 38.2 Å². The van der Waals surface area contributed by atoms with E-state index in [4.69, 9.17) is 21.9 Å². The molecule has 0 fully saturated rings. The number of carbonyl (C=O) groups excluding carboxylic acids is 5. The Morgan fingerprint density at radius 1 is 0.714 bits per heavy atom. The van der Waals surface area contributed by atoms with Gasteiger partial charge in [-0.3, -0.25) is 24.2 Å². The molecule has 10 N–H and O–H groups in total. The first-order valence-electron chi connectivity index (χ1n) is 16.0. The molecule has 2 aromatic carbocycles. The molecule has 15 heteroatoms. The summed E-state index contributed by atoms with van der Waals surface area (Å²) < 4.78 is 5.38. The SMILES string of the molecule is CSCCC(NC(=O)C(Cc1ccccc1)NC(=O)OC(C)(C)C)C(=O)NC(CCCN=C(N)N)C(=O)NC(Cc1ccccc1)C(N)=O. The van der Waals surface area contributed by atoms with Crippen LogP contribution in [0, 0.1) is 0 Å². The summed E-state index contributed by atoms with van der Waals surface area (Å²) in [6.07, 6.45) is 2.01. The number of primary amides is 1. The fraction of sp³-hybridized carbons (Fsp3) is 0.471. The van der Waals surface area contributed by atoms with Crippen LogP contribution < -0.4 is 38.5 Å². The zero-order valence-corrected chi connectivity index (χ0v) is 29.4. The largest absolute Gasteiger partial charge is 0.444 e. The molecule has 0 aliphatic rings. The van der Waals surface area contributed by atoms with E-state index in [1.54, 1.807) is 45.0 Å². The molecule has 49 heavy (non-hydrogen) atoms. The molecule has 4 unspecified atom stereocenters. The summed E-state index contributed by atoms with van der Waals surface area (Å²) in [6, 6.07) is 13.8. The Labute approximate surface area is 292 Å². The van der Waals surface area contributed by atoms with Crippen molar-refractivity contribution in [2.24, 2.45) is 22.2 Å². The van der Waals surface area contributed by atoms with Crippen molar-refractivity contribution >= 4 is 47.4 Å². The average molecular weight is 699 g/mol. The highest BCUT2D eigenvalue weighted by molar-refractivity contribution is 7.98. The van der Waals surface area contributed by atoms with Gasteiger partial charge in [0.25, 0.3) is 0 Å². The highest BCUT2D eigenvalue weighted by atomic mass is 32.2. The summed E-state index contributed by atoms with van der Waals surface area (Å²) in [4.78, 5) is 69.9. The molecule has 14 nitrogen and oxygen atoms in total. The van der Waals surface area contributed by atoms with Crippen molar-refractivity contribution in [2.45, 2.75) is 82.6 Å². The summed E-state index contributed by atoms with van der Waals surface area (Å²) >= 11 is 1.47. The van der Waals surface area contributed by atoms with Crippen molar-refractivity contribution in [2.75, 3.05) is 18.6 Å². The Balaban J connectivity index is 2.28. The summed E-state index contributed by atoms with van der Waals surface area (Å²) in [6.45, 7) is 5.31. The van der Waals surface area contributed by atoms with E-state index in [1.807, 2.05) is 42.7 Å². The molecular weight excluding hydrogens is 648 g/mol. The maximum absolute atomic E-state index is 13.8. The van der Waals surface area contributed by atoms with Gasteiger partial charge in [0.05, 0.1) is 0 Å². The minimum absolute atomic E-state index is 0.116. The molecule has 0 saturated carbocycles. The van der Waals surface area contributed by atoms with Crippen LogP contribution in [-0.2, 0) is 36.8 Å². The second kappa shape index (κ2) is 20.5. The molecule has 0 saturated heterocycles. The number of amides is 5. The number of nitrogens with one attached hydrogen (secondary N) is 4. The van der Waals surface area contributed by atoms with Gasteiger partial charge in [-0.15, -0.1) is 0 Å². The summed E-state index contributed by atoms with van der Waals surface area (Å²) in [5, 5.41) is 10.8. The van der Waals surface area contributed by atoms with Crippen LogP contribution in [0.3, 0.4) is 0 Å². The van der Waals surface area contributed by atoms with Crippen molar-refractivity contribution in [3.05, 3.63) is 71.8 Å². The first-order chi connectivity index (χ1) is 23.2. The molecule has 0 aliphatic carbocycles. The van der Waals surface area contributed by atoms with Crippen molar-refractivity contribution in [3.8, 4) is 0 Å². The molecule has 2 rings (SSSR count). The van der Waals surface area contributed by atoms with E-state index in [1.165, 1.54) is 11.8 Å². The zero-order valence-electron chi connectivity index (χ0n) is 28.6. The van der Waals surface area contributed by atoms with E-state index in [2.05, 4.69) is 26.3 Å². The fourth-order valence-electron chi connectivity index (χ4n) is 4.68. The lowest BCUT2D eigenvalue weighted by Gasteiger charge is -2.27. The van der Waals surface area contributed by atoms with Crippen LogP contribution in [0.15, 0.2) is 65.7 Å². The van der Waals surface area contributed by atoms with Gasteiger partial charge in [-0.1, -0.05) is 60.7 Å². The van der Waals surface area contributed by atoms with Crippen LogP contribution in [0.4, 0.5) is 4.79 Å². The number of hydrogen-bond donors (Lipinski definition) is 7. The Morgan fingerprint density at radius 3 is 1.65 bits per heavy atom. The molecule has 0 bridgehead atoms. The van der Waals surface area contributed by atoms with Crippen molar-refractivity contribution < 1.29 is 28.7 Å². The minimum Gasteiger partial charge on any atom is -0.444 e. The third-order valence-corrected chi connectivity index (χ3v) is 7.70. The number of thioether (sulfide) groups is 1. The summed E-state index contributed by atoms with van der Waals surface area (Å²) in [5.41, 5.74) is 17.3. The maximum atomic E-state index is 13.8. The van der Waals surface area contributed by atoms with Crippen LogP contribution >= 0.6 is 11.8 Å².